The lowest BCUT2D eigenvalue weighted by Crippen LogP contribution is -2.20. The van der Waals surface area contributed by atoms with Crippen molar-refractivity contribution < 1.29 is 51.1 Å². The van der Waals surface area contributed by atoms with Gasteiger partial charge >= 0.3 is 0 Å². The van der Waals surface area contributed by atoms with Crippen molar-refractivity contribution >= 4 is 0 Å². The molecule has 0 aliphatic heterocycles. The summed E-state index contributed by atoms with van der Waals surface area (Å²) < 4.78 is 0. The fourth-order valence-corrected chi connectivity index (χ4v) is 14.8. The van der Waals surface area contributed by atoms with Crippen LogP contribution in [0.4, 0.5) is 0 Å². The van der Waals surface area contributed by atoms with Crippen LogP contribution >= 0.6 is 0 Å². The van der Waals surface area contributed by atoms with Crippen molar-refractivity contribution in [3.05, 3.63) is 361 Å². The Labute approximate surface area is 622 Å². The van der Waals surface area contributed by atoms with Gasteiger partial charge in [-0.25, -0.2) is 0 Å². The molecule has 526 valence electrons. The summed E-state index contributed by atoms with van der Waals surface area (Å²) in [5.74, 6) is 0.407. The second kappa shape index (κ2) is 31.1. The Morgan fingerprint density at radius 2 is 0.318 bits per heavy atom. The molecule has 0 atom stereocenters. The van der Waals surface area contributed by atoms with Crippen molar-refractivity contribution in [2.45, 2.75) is 45.7 Å². The number of benzene rings is 15. The zero-order valence-corrected chi connectivity index (χ0v) is 59.0. The maximum absolute atomic E-state index is 10.9. The number of aliphatic hydroxyl groups is 4. The molecule has 10 heteroatoms. The van der Waals surface area contributed by atoms with Gasteiger partial charge in [0.25, 0.3) is 0 Å². The van der Waals surface area contributed by atoms with Crippen molar-refractivity contribution in [2.24, 2.45) is 0 Å². The van der Waals surface area contributed by atoms with Crippen molar-refractivity contribution in [1.29, 1.82) is 0 Å². The smallest absolute Gasteiger partial charge is 0.126 e. The molecule has 0 amide bonds. The van der Waals surface area contributed by atoms with E-state index in [9.17, 15) is 51.1 Å². The molecular formula is C97H78O10. The summed E-state index contributed by atoms with van der Waals surface area (Å²) in [6, 6.07) is 109. The molecule has 0 aliphatic carbocycles. The normalized spacial score (nSPS) is 11.3. The third-order valence-electron chi connectivity index (χ3n) is 20.1. The minimum Gasteiger partial charge on any atom is -0.508 e. The largest absolute Gasteiger partial charge is 0.508 e. The molecule has 0 bridgehead atoms. The van der Waals surface area contributed by atoms with E-state index in [1.165, 1.54) is 0 Å². The van der Waals surface area contributed by atoms with Gasteiger partial charge in [-0.05, 0) is 217 Å². The van der Waals surface area contributed by atoms with E-state index in [-0.39, 0.29) is 60.9 Å². The molecule has 0 saturated carbocycles. The number of phenolic OH excluding ortho intramolecular Hbond substituents is 4. The van der Waals surface area contributed by atoms with E-state index >= 15 is 0 Å². The van der Waals surface area contributed by atoms with E-state index < -0.39 is 5.41 Å². The van der Waals surface area contributed by atoms with E-state index in [0.717, 1.165) is 145 Å². The number of aliphatic hydroxyl groups excluding tert-OH is 4. The highest BCUT2D eigenvalue weighted by Crippen LogP contribution is 2.59. The quantitative estimate of drug-likeness (QED) is 0.0394. The Kier molecular flexibility index (Phi) is 20.6. The lowest BCUT2D eigenvalue weighted by molar-refractivity contribution is 0.263. The molecule has 0 heterocycles. The zero-order valence-electron chi connectivity index (χ0n) is 59.0. The Hall–Kier alpha value is -13.1. The van der Waals surface area contributed by atoms with Crippen LogP contribution in [-0.4, -0.2) is 51.1 Å². The topological polar surface area (TPSA) is 202 Å². The van der Waals surface area contributed by atoms with Crippen molar-refractivity contribution in [3.63, 3.8) is 0 Å². The summed E-state index contributed by atoms with van der Waals surface area (Å²) in [4.78, 5) is 0. The van der Waals surface area contributed by atoms with Crippen LogP contribution in [0.2, 0.25) is 0 Å². The molecule has 15 aromatic rings. The Bertz CT molecular complexity index is 5220. The molecule has 15 aromatic carbocycles. The highest BCUT2D eigenvalue weighted by atomic mass is 16.3. The molecule has 0 radical (unpaired) electrons. The van der Waals surface area contributed by atoms with Crippen molar-refractivity contribution in [2.75, 3.05) is 0 Å². The Balaban J connectivity index is 0.000000326. The van der Waals surface area contributed by atoms with Crippen LogP contribution in [-0.2, 0) is 31.8 Å². The second-order valence-corrected chi connectivity index (χ2v) is 27.0. The number of phenols is 6. The maximum Gasteiger partial charge on any atom is 0.126 e. The van der Waals surface area contributed by atoms with Crippen LogP contribution in [0, 0.1) is 0 Å². The summed E-state index contributed by atoms with van der Waals surface area (Å²) in [5, 5.41) is 101. The highest BCUT2D eigenvalue weighted by Gasteiger charge is 2.33. The van der Waals surface area contributed by atoms with Gasteiger partial charge in [-0.15, -0.1) is 0 Å². The van der Waals surface area contributed by atoms with Gasteiger partial charge in [-0.1, -0.05) is 269 Å². The molecule has 0 aromatic heterocycles. The lowest BCUT2D eigenvalue weighted by Gasteiger charge is -2.30. The first kappa shape index (κ1) is 71.0. The molecule has 15 rings (SSSR count). The minimum absolute atomic E-state index is 0.137. The monoisotopic (exact) mass is 1400 g/mol. The zero-order chi connectivity index (χ0) is 74.3. The molecule has 10 nitrogen and oxygen atoms in total. The first-order chi connectivity index (χ1) is 52.2. The number of hydrogen-bond acceptors (Lipinski definition) is 10. The van der Waals surface area contributed by atoms with E-state index in [1.807, 2.05) is 86.6 Å². The summed E-state index contributed by atoms with van der Waals surface area (Å²) in [6.45, 7) is 2.31. The number of hydrogen-bond donors (Lipinski definition) is 10. The van der Waals surface area contributed by atoms with Gasteiger partial charge in [0, 0.05) is 27.7 Å². The predicted molar refractivity (Wildman–Crippen MR) is 430 cm³/mol. The van der Waals surface area contributed by atoms with Gasteiger partial charge in [0.1, 0.15) is 34.5 Å². The predicted octanol–water partition coefficient (Wildman–Crippen LogP) is 21.9. The van der Waals surface area contributed by atoms with Gasteiger partial charge in [0.2, 0.25) is 0 Å². The van der Waals surface area contributed by atoms with E-state index in [4.69, 9.17) is 0 Å². The standard InChI is InChI=1S/C78H54O4.C19H24O6/c79-63-43-35-59(36-44-63)75-69(53-23-11-3-12-24-53)67(51-19-7-1-8-20-51)73(71(55-27-15-5-16-28-55)77(75)61-39-47-65(81)48-40-61)57-31-33-58(34-32-57)74-68(52-21-9-2-10-22-52)70(54-25-13-4-14-26-54)76(60-37-45-64(80)46-38-60)78(62-41-49-66(82)50-42-62)72(74)56-29-17-6-18-30-56;1-19(2,15-3-11(7-20)17(24)12(4-15)8-21)16-5-13(9-22)18(25)14(6-16)10-23/h1-50,79-82H;3-6,20-25H,7-10H2,1-2H3. The van der Waals surface area contributed by atoms with Crippen LogP contribution in [0.3, 0.4) is 0 Å². The molecule has 107 heavy (non-hydrogen) atoms. The van der Waals surface area contributed by atoms with E-state index in [2.05, 4.69) is 182 Å². The third-order valence-corrected chi connectivity index (χ3v) is 20.1. The van der Waals surface area contributed by atoms with Crippen molar-refractivity contribution in [1.82, 2.24) is 0 Å². The van der Waals surface area contributed by atoms with Crippen molar-refractivity contribution in [3.8, 4) is 168 Å². The lowest BCUT2D eigenvalue weighted by atomic mass is 9.73. The average molecular weight is 1400 g/mol. The second-order valence-electron chi connectivity index (χ2n) is 27.0. The highest BCUT2D eigenvalue weighted by molar-refractivity contribution is 6.17. The fourth-order valence-electron chi connectivity index (χ4n) is 14.8. The van der Waals surface area contributed by atoms with Crippen LogP contribution in [0.15, 0.2) is 328 Å². The van der Waals surface area contributed by atoms with Crippen LogP contribution in [0.1, 0.15) is 47.2 Å². The van der Waals surface area contributed by atoms with Gasteiger partial charge < -0.3 is 51.1 Å². The number of aromatic hydroxyl groups is 6. The summed E-state index contributed by atoms with van der Waals surface area (Å²) in [7, 11) is 0. The Morgan fingerprint density at radius 3 is 0.458 bits per heavy atom. The summed E-state index contributed by atoms with van der Waals surface area (Å²) in [5.41, 5.74) is 25.9. The molecule has 0 fully saturated rings. The first-order valence-electron chi connectivity index (χ1n) is 35.4. The molecule has 0 saturated heterocycles. The van der Waals surface area contributed by atoms with E-state index in [1.54, 1.807) is 72.8 Å². The molecular weight excluding hydrogens is 1330 g/mol. The third kappa shape index (κ3) is 14.2. The number of rotatable bonds is 18. The summed E-state index contributed by atoms with van der Waals surface area (Å²) in [6.07, 6.45) is 0. The molecule has 0 aliphatic rings. The Morgan fingerprint density at radius 1 is 0.187 bits per heavy atom. The fraction of sp³-hybridized carbons (Fsp3) is 0.0722. The van der Waals surface area contributed by atoms with Crippen LogP contribution in [0.5, 0.6) is 34.5 Å². The minimum atomic E-state index is -0.636. The first-order valence-corrected chi connectivity index (χ1v) is 35.4. The SMILES string of the molecule is CC(C)(c1cc(CO)c(O)c(CO)c1)c1cc(CO)c(O)c(CO)c1.Oc1ccc(-c2c(-c3ccccc3)c(-c3ccccc3)c(-c3ccc(-c4c(-c5ccccc5)c(-c5ccccc5)c(-c5ccc(O)cc5)c(-c5ccc(O)cc5)c4-c4ccccc4)cc3)c(-c3ccccc3)c2-c2ccc(O)cc2)cc1. The van der Waals surface area contributed by atoms with Gasteiger partial charge in [-0.3, -0.25) is 0 Å². The van der Waals surface area contributed by atoms with Crippen LogP contribution < -0.4 is 0 Å². The van der Waals surface area contributed by atoms with Gasteiger partial charge in [0.05, 0.1) is 26.4 Å². The molecule has 0 unspecified atom stereocenters. The summed E-state index contributed by atoms with van der Waals surface area (Å²) >= 11 is 0. The maximum atomic E-state index is 10.9. The molecule has 10 N–H and O–H groups in total. The molecule has 0 spiro atoms. The van der Waals surface area contributed by atoms with Gasteiger partial charge in [0.15, 0.2) is 0 Å². The van der Waals surface area contributed by atoms with Gasteiger partial charge in [-0.2, -0.15) is 0 Å². The van der Waals surface area contributed by atoms with Crippen LogP contribution in [0.25, 0.3) is 134 Å². The average Bonchev–Trinajstić information content (AvgIpc) is 0.717. The van der Waals surface area contributed by atoms with E-state index in [0.29, 0.717) is 22.3 Å².